The molecule has 0 unspecified atom stereocenters. The van der Waals surface area contributed by atoms with Gasteiger partial charge in [-0.1, -0.05) is 17.7 Å². The fourth-order valence-corrected chi connectivity index (χ4v) is 1.33. The Morgan fingerprint density at radius 3 is 2.24 bits per heavy atom. The van der Waals surface area contributed by atoms with Gasteiger partial charge in [0.1, 0.15) is 0 Å². The van der Waals surface area contributed by atoms with Gasteiger partial charge in [-0.3, -0.25) is 0 Å². The molecule has 4 heteroatoms. The van der Waals surface area contributed by atoms with Gasteiger partial charge >= 0.3 is 0 Å². The summed E-state index contributed by atoms with van der Waals surface area (Å²) in [6.45, 7) is 1.97. The fraction of sp³-hybridized carbons (Fsp3) is 0.0769. The van der Waals surface area contributed by atoms with Crippen LogP contribution in [0.4, 0.5) is 20.2 Å². The third kappa shape index (κ3) is 3.65. The van der Waals surface area contributed by atoms with E-state index in [1.54, 1.807) is 0 Å². The molecule has 0 heterocycles. The molecule has 1 nitrogen and oxygen atoms in total. The van der Waals surface area contributed by atoms with Gasteiger partial charge in [0.25, 0.3) is 0 Å². The summed E-state index contributed by atoms with van der Waals surface area (Å²) in [7, 11) is 0. The Morgan fingerprint density at radius 1 is 1.00 bits per heavy atom. The minimum absolute atomic E-state index is 0. The first-order valence-electron chi connectivity index (χ1n) is 4.86. The van der Waals surface area contributed by atoms with Crippen LogP contribution < -0.4 is 5.32 Å². The SMILES string of the molecule is Cc1ccc(Nc2ccc(F)[c-]c2F)cc1.[Ti]. The summed E-state index contributed by atoms with van der Waals surface area (Å²) in [5.74, 6) is -1.42. The van der Waals surface area contributed by atoms with Crippen LogP contribution in [0.3, 0.4) is 0 Å². The van der Waals surface area contributed by atoms with Gasteiger partial charge in [-0.05, 0) is 24.7 Å². The number of anilines is 2. The minimum Gasteiger partial charge on any atom is -0.406 e. The second-order valence-electron chi connectivity index (χ2n) is 3.52. The van der Waals surface area contributed by atoms with E-state index in [2.05, 4.69) is 5.32 Å². The van der Waals surface area contributed by atoms with Crippen molar-refractivity contribution in [1.29, 1.82) is 0 Å². The molecule has 2 aromatic rings. The average Bonchev–Trinajstić information content (AvgIpc) is 2.25. The van der Waals surface area contributed by atoms with Crippen molar-refractivity contribution in [1.82, 2.24) is 0 Å². The number of hydrogen-bond acceptors (Lipinski definition) is 1. The van der Waals surface area contributed by atoms with Gasteiger partial charge in [0, 0.05) is 39.0 Å². The van der Waals surface area contributed by atoms with E-state index in [0.29, 0.717) is 0 Å². The first-order valence-corrected chi connectivity index (χ1v) is 4.86. The topological polar surface area (TPSA) is 12.0 Å². The fourth-order valence-electron chi connectivity index (χ4n) is 1.33. The van der Waals surface area contributed by atoms with Crippen molar-refractivity contribution in [3.05, 3.63) is 59.7 Å². The predicted molar refractivity (Wildman–Crippen MR) is 59.7 cm³/mol. The number of benzene rings is 2. The maximum absolute atomic E-state index is 13.3. The van der Waals surface area contributed by atoms with Gasteiger partial charge in [-0.2, -0.15) is 0 Å². The number of halogens is 2. The van der Waals surface area contributed by atoms with E-state index >= 15 is 0 Å². The van der Waals surface area contributed by atoms with Crippen LogP contribution >= 0.6 is 0 Å². The van der Waals surface area contributed by atoms with Crippen LogP contribution in [0.25, 0.3) is 0 Å². The summed E-state index contributed by atoms with van der Waals surface area (Å²) < 4.78 is 25.9. The Kier molecular flexibility index (Phi) is 4.85. The maximum atomic E-state index is 13.3. The number of rotatable bonds is 2. The Balaban J connectivity index is 0.00000144. The molecule has 0 radical (unpaired) electrons. The molecule has 0 bridgehead atoms. The summed E-state index contributed by atoms with van der Waals surface area (Å²) in [6, 6.07) is 12.0. The monoisotopic (exact) mass is 266 g/mol. The molecule has 0 amide bonds. The first kappa shape index (κ1) is 13.9. The summed E-state index contributed by atoms with van der Waals surface area (Å²) in [4.78, 5) is 0. The van der Waals surface area contributed by atoms with Crippen LogP contribution in [-0.4, -0.2) is 0 Å². The summed E-state index contributed by atoms with van der Waals surface area (Å²) in [6.07, 6.45) is 0. The van der Waals surface area contributed by atoms with Crippen molar-refractivity contribution in [2.24, 2.45) is 0 Å². The van der Waals surface area contributed by atoms with Crippen molar-refractivity contribution >= 4 is 11.4 Å². The summed E-state index contributed by atoms with van der Waals surface area (Å²) in [5.41, 5.74) is 2.09. The quantitative estimate of drug-likeness (QED) is 0.643. The Bertz CT molecular complexity index is 497. The molecule has 0 aliphatic carbocycles. The molecule has 1 N–H and O–H groups in total. The van der Waals surface area contributed by atoms with E-state index in [1.807, 2.05) is 37.3 Å². The van der Waals surface area contributed by atoms with Crippen molar-refractivity contribution in [3.63, 3.8) is 0 Å². The Hall–Kier alpha value is -1.19. The summed E-state index contributed by atoms with van der Waals surface area (Å²) in [5, 5.41) is 2.85. The largest absolute Gasteiger partial charge is 0.406 e. The van der Waals surface area contributed by atoms with Gasteiger partial charge in [-0.25, -0.2) is 8.78 Å². The molecule has 2 aromatic carbocycles. The average molecular weight is 266 g/mol. The van der Waals surface area contributed by atoms with Gasteiger partial charge in [0.2, 0.25) is 0 Å². The first-order chi connectivity index (χ1) is 7.65. The van der Waals surface area contributed by atoms with E-state index in [-0.39, 0.29) is 27.4 Å². The molecule has 0 aliphatic rings. The number of nitrogens with one attached hydrogen (secondary N) is 1. The van der Waals surface area contributed by atoms with E-state index in [4.69, 9.17) is 0 Å². The minimum atomic E-state index is -0.722. The van der Waals surface area contributed by atoms with Crippen LogP contribution in [0.1, 0.15) is 5.56 Å². The number of aryl methyl sites for hydroxylation is 1. The van der Waals surface area contributed by atoms with Crippen LogP contribution in [0, 0.1) is 24.6 Å². The molecule has 0 saturated carbocycles. The van der Waals surface area contributed by atoms with E-state index < -0.39 is 11.6 Å². The van der Waals surface area contributed by atoms with Gasteiger partial charge in [0.15, 0.2) is 0 Å². The molecular weight excluding hydrogens is 256 g/mol. The van der Waals surface area contributed by atoms with Crippen LogP contribution in [0.2, 0.25) is 0 Å². The zero-order chi connectivity index (χ0) is 11.5. The third-order valence-electron chi connectivity index (χ3n) is 2.19. The molecule has 0 saturated heterocycles. The smallest absolute Gasteiger partial charge is 0.0363 e. The standard InChI is InChI=1S/C13H10F2N.Ti/c1-9-2-5-11(6-3-9)16-13-7-4-10(14)8-12(13)15;/h2-7,16H,1H3;/q-1;. The molecular formula is C13H10F2NTi-. The van der Waals surface area contributed by atoms with Crippen molar-refractivity contribution in [2.45, 2.75) is 6.92 Å². The molecule has 0 spiro atoms. The van der Waals surface area contributed by atoms with E-state index in [1.165, 1.54) is 12.1 Å². The molecule has 17 heavy (non-hydrogen) atoms. The van der Waals surface area contributed by atoms with Crippen LogP contribution in [-0.2, 0) is 21.7 Å². The van der Waals surface area contributed by atoms with Gasteiger partial charge < -0.3 is 5.32 Å². The zero-order valence-corrected chi connectivity index (χ0v) is 10.8. The Labute approximate surface area is 114 Å². The van der Waals surface area contributed by atoms with E-state index in [9.17, 15) is 8.78 Å². The predicted octanol–water partition coefficient (Wildman–Crippen LogP) is 3.81. The van der Waals surface area contributed by atoms with Crippen molar-refractivity contribution in [2.75, 3.05) is 5.32 Å². The maximum Gasteiger partial charge on any atom is 0.0363 e. The van der Waals surface area contributed by atoms with Gasteiger partial charge in [0.05, 0.1) is 0 Å². The van der Waals surface area contributed by atoms with Gasteiger partial charge in [-0.15, -0.1) is 18.2 Å². The second-order valence-corrected chi connectivity index (χ2v) is 3.52. The van der Waals surface area contributed by atoms with Crippen LogP contribution in [0.15, 0.2) is 36.4 Å². The second kappa shape index (κ2) is 5.94. The molecule has 0 aromatic heterocycles. The molecule has 0 aliphatic heterocycles. The normalized spacial score (nSPS) is 9.59. The van der Waals surface area contributed by atoms with Crippen molar-refractivity contribution in [3.8, 4) is 0 Å². The number of hydrogen-bond donors (Lipinski definition) is 1. The van der Waals surface area contributed by atoms with E-state index in [0.717, 1.165) is 11.3 Å². The molecule has 0 fully saturated rings. The van der Waals surface area contributed by atoms with Crippen LogP contribution in [0.5, 0.6) is 0 Å². The summed E-state index contributed by atoms with van der Waals surface area (Å²) >= 11 is 0. The zero-order valence-electron chi connectivity index (χ0n) is 9.22. The Morgan fingerprint density at radius 2 is 1.65 bits per heavy atom. The molecule has 0 atom stereocenters. The van der Waals surface area contributed by atoms with Crippen molar-refractivity contribution < 1.29 is 30.5 Å². The third-order valence-corrected chi connectivity index (χ3v) is 2.19. The molecule has 2 rings (SSSR count). The molecule has 86 valence electrons.